The maximum atomic E-state index is 11.5. The minimum absolute atomic E-state index is 0.0754. The lowest BCUT2D eigenvalue weighted by molar-refractivity contribution is 0.0508. The predicted octanol–water partition coefficient (Wildman–Crippen LogP) is 2.95. The summed E-state index contributed by atoms with van der Waals surface area (Å²) in [7, 11) is 0. The first-order chi connectivity index (χ1) is 7.03. The van der Waals surface area contributed by atoms with Crippen molar-refractivity contribution in [3.05, 3.63) is 0 Å². The minimum atomic E-state index is -0.495. The monoisotopic (exact) mass is 225 g/mol. The van der Waals surface area contributed by atoms with Crippen molar-refractivity contribution in [2.45, 2.75) is 59.6 Å². The summed E-state index contributed by atoms with van der Waals surface area (Å²) >= 11 is 0. The second-order valence-electron chi connectivity index (χ2n) is 6.13. The molecule has 1 atom stereocenters. The van der Waals surface area contributed by atoms with E-state index in [0.29, 0.717) is 0 Å². The number of alkyl carbamates (subject to hydrolysis) is 1. The van der Waals surface area contributed by atoms with E-state index in [1.165, 1.54) is 0 Å². The van der Waals surface area contributed by atoms with E-state index in [9.17, 15) is 4.79 Å². The van der Waals surface area contributed by atoms with Gasteiger partial charge in [0.25, 0.3) is 0 Å². The first-order valence-corrected chi connectivity index (χ1v) is 5.49. The Kier molecular flexibility index (Phi) is 4.86. The van der Waals surface area contributed by atoms with Crippen LogP contribution in [0.5, 0.6) is 0 Å². The minimum Gasteiger partial charge on any atom is -0.444 e. The Morgan fingerprint density at radius 2 is 1.81 bits per heavy atom. The Bertz CT molecular complexity index is 276. The highest BCUT2D eigenvalue weighted by Crippen LogP contribution is 2.20. The van der Waals surface area contributed by atoms with E-state index < -0.39 is 11.7 Å². The lowest BCUT2D eigenvalue weighted by Crippen LogP contribution is -2.40. The van der Waals surface area contributed by atoms with Crippen LogP contribution >= 0.6 is 0 Å². The third-order valence-corrected chi connectivity index (χ3v) is 1.71. The summed E-state index contributed by atoms with van der Waals surface area (Å²) < 4.78 is 5.14. The normalized spacial score (nSPS) is 13.8. The molecule has 0 aliphatic heterocycles. The van der Waals surface area contributed by atoms with Crippen molar-refractivity contribution in [2.75, 3.05) is 0 Å². The standard InChI is InChI=1S/C13H23NO2/c1-8-10(9-12(2,3)4)14-11(15)16-13(5,6)7/h1,10H,9H2,2-7H3,(H,14,15). The van der Waals surface area contributed by atoms with Gasteiger partial charge in [0.1, 0.15) is 5.60 Å². The summed E-state index contributed by atoms with van der Waals surface area (Å²) in [5.41, 5.74) is -0.420. The molecule has 0 heterocycles. The first kappa shape index (κ1) is 14.8. The Morgan fingerprint density at radius 1 is 1.31 bits per heavy atom. The predicted molar refractivity (Wildman–Crippen MR) is 66.1 cm³/mol. The molecule has 0 aliphatic carbocycles. The van der Waals surface area contributed by atoms with Crippen LogP contribution in [0.15, 0.2) is 0 Å². The number of hydrogen-bond donors (Lipinski definition) is 1. The van der Waals surface area contributed by atoms with Gasteiger partial charge in [-0.25, -0.2) is 4.79 Å². The van der Waals surface area contributed by atoms with Crippen molar-refractivity contribution in [1.82, 2.24) is 5.32 Å². The second-order valence-corrected chi connectivity index (χ2v) is 6.13. The summed E-state index contributed by atoms with van der Waals surface area (Å²) in [5, 5.41) is 2.68. The molecule has 1 unspecified atom stereocenters. The number of hydrogen-bond acceptors (Lipinski definition) is 2. The first-order valence-electron chi connectivity index (χ1n) is 5.49. The highest BCUT2D eigenvalue weighted by molar-refractivity contribution is 5.68. The molecule has 3 heteroatoms. The summed E-state index contributed by atoms with van der Waals surface area (Å²) in [6.07, 6.45) is 5.64. The highest BCUT2D eigenvalue weighted by Gasteiger charge is 2.22. The van der Waals surface area contributed by atoms with Gasteiger partial charge in [-0.15, -0.1) is 6.42 Å². The lowest BCUT2D eigenvalue weighted by Gasteiger charge is -2.25. The lowest BCUT2D eigenvalue weighted by atomic mass is 9.88. The molecular weight excluding hydrogens is 202 g/mol. The van der Waals surface area contributed by atoms with Gasteiger partial charge in [0.2, 0.25) is 0 Å². The van der Waals surface area contributed by atoms with E-state index >= 15 is 0 Å². The quantitative estimate of drug-likeness (QED) is 0.734. The summed E-state index contributed by atoms with van der Waals surface area (Å²) in [5.74, 6) is 2.56. The maximum absolute atomic E-state index is 11.5. The highest BCUT2D eigenvalue weighted by atomic mass is 16.6. The number of carbonyl (C=O) groups excluding carboxylic acids is 1. The molecule has 16 heavy (non-hydrogen) atoms. The third kappa shape index (κ3) is 8.16. The van der Waals surface area contributed by atoms with Crippen molar-refractivity contribution in [2.24, 2.45) is 5.41 Å². The van der Waals surface area contributed by atoms with Crippen LogP contribution in [-0.4, -0.2) is 17.7 Å². The molecule has 0 aromatic rings. The van der Waals surface area contributed by atoms with E-state index in [1.54, 1.807) is 0 Å². The van der Waals surface area contributed by atoms with Crippen LogP contribution in [0.3, 0.4) is 0 Å². The van der Waals surface area contributed by atoms with Crippen molar-refractivity contribution < 1.29 is 9.53 Å². The largest absolute Gasteiger partial charge is 0.444 e. The molecule has 0 fully saturated rings. The van der Waals surface area contributed by atoms with Crippen LogP contribution in [0, 0.1) is 17.8 Å². The molecule has 0 saturated heterocycles. The van der Waals surface area contributed by atoms with Gasteiger partial charge in [0.05, 0.1) is 6.04 Å². The number of amides is 1. The van der Waals surface area contributed by atoms with Gasteiger partial charge in [-0.05, 0) is 32.6 Å². The smallest absolute Gasteiger partial charge is 0.408 e. The van der Waals surface area contributed by atoms with Gasteiger partial charge in [-0.3, -0.25) is 0 Å². The Hall–Kier alpha value is -1.17. The summed E-state index contributed by atoms with van der Waals surface area (Å²) in [4.78, 5) is 11.5. The van der Waals surface area contributed by atoms with Crippen molar-refractivity contribution in [3.8, 4) is 12.3 Å². The van der Waals surface area contributed by atoms with Gasteiger partial charge in [-0.1, -0.05) is 26.7 Å². The topological polar surface area (TPSA) is 38.3 Å². The third-order valence-electron chi connectivity index (χ3n) is 1.71. The molecule has 0 radical (unpaired) electrons. The van der Waals surface area contributed by atoms with Gasteiger partial charge in [0.15, 0.2) is 0 Å². The average Bonchev–Trinajstić information content (AvgIpc) is 1.96. The molecule has 0 aromatic heterocycles. The Balaban J connectivity index is 4.25. The molecule has 0 aliphatic rings. The Morgan fingerprint density at radius 3 is 2.12 bits per heavy atom. The maximum Gasteiger partial charge on any atom is 0.408 e. The summed E-state index contributed by atoms with van der Waals surface area (Å²) in [6.45, 7) is 11.7. The zero-order valence-corrected chi connectivity index (χ0v) is 11.2. The number of nitrogens with one attached hydrogen (secondary N) is 1. The van der Waals surface area contributed by atoms with Crippen molar-refractivity contribution >= 4 is 6.09 Å². The van der Waals surface area contributed by atoms with E-state index in [1.807, 2.05) is 20.8 Å². The van der Waals surface area contributed by atoms with Gasteiger partial charge >= 0.3 is 6.09 Å². The van der Waals surface area contributed by atoms with E-state index in [-0.39, 0.29) is 11.5 Å². The number of ether oxygens (including phenoxy) is 1. The molecule has 92 valence electrons. The van der Waals surface area contributed by atoms with E-state index in [2.05, 4.69) is 32.0 Å². The zero-order chi connectivity index (χ0) is 13.0. The van der Waals surface area contributed by atoms with Crippen molar-refractivity contribution in [1.29, 1.82) is 0 Å². The molecule has 0 saturated carbocycles. The van der Waals surface area contributed by atoms with Gasteiger partial charge in [0, 0.05) is 0 Å². The molecule has 3 nitrogen and oxygen atoms in total. The van der Waals surface area contributed by atoms with Crippen LogP contribution < -0.4 is 5.32 Å². The summed E-state index contributed by atoms with van der Waals surface area (Å²) in [6, 6.07) is -0.283. The molecular formula is C13H23NO2. The Labute approximate surface area is 98.9 Å². The number of terminal acetylenes is 1. The molecule has 1 N–H and O–H groups in total. The van der Waals surface area contributed by atoms with Gasteiger partial charge in [-0.2, -0.15) is 0 Å². The average molecular weight is 225 g/mol. The number of rotatable bonds is 2. The molecule has 0 aromatic carbocycles. The molecule has 1 amide bonds. The van der Waals surface area contributed by atoms with Crippen LogP contribution in [0.25, 0.3) is 0 Å². The SMILES string of the molecule is C#CC(CC(C)(C)C)NC(=O)OC(C)(C)C. The van der Waals surface area contributed by atoms with Crippen LogP contribution in [0.1, 0.15) is 48.0 Å². The molecule has 0 rings (SSSR count). The second kappa shape index (κ2) is 5.25. The molecule has 0 spiro atoms. The van der Waals surface area contributed by atoms with E-state index in [4.69, 9.17) is 11.2 Å². The zero-order valence-electron chi connectivity index (χ0n) is 11.2. The van der Waals surface area contributed by atoms with Crippen LogP contribution in [0.4, 0.5) is 4.79 Å². The molecule has 0 bridgehead atoms. The van der Waals surface area contributed by atoms with Gasteiger partial charge < -0.3 is 10.1 Å². The fourth-order valence-electron chi connectivity index (χ4n) is 1.21. The van der Waals surface area contributed by atoms with E-state index in [0.717, 1.165) is 6.42 Å². The fraction of sp³-hybridized carbons (Fsp3) is 0.769. The number of carbonyl (C=O) groups is 1. The fourth-order valence-corrected chi connectivity index (χ4v) is 1.21. The van der Waals surface area contributed by atoms with Crippen LogP contribution in [-0.2, 0) is 4.74 Å². The van der Waals surface area contributed by atoms with Crippen molar-refractivity contribution in [3.63, 3.8) is 0 Å². The van der Waals surface area contributed by atoms with Crippen LogP contribution in [0.2, 0.25) is 0 Å².